The molecule has 1 atom stereocenters. The van der Waals surface area contributed by atoms with Crippen LogP contribution in [0.5, 0.6) is 0 Å². The summed E-state index contributed by atoms with van der Waals surface area (Å²) < 4.78 is 10.8. The Balaban J connectivity index is 1.60. The number of likely N-dealkylation sites (N-methyl/N-ethyl adjacent to an activating group) is 2. The van der Waals surface area contributed by atoms with E-state index in [9.17, 15) is 19.4 Å². The number of carbonyl (C=O) groups is 3. The van der Waals surface area contributed by atoms with Gasteiger partial charge in [0.25, 0.3) is 11.8 Å². The summed E-state index contributed by atoms with van der Waals surface area (Å²) >= 11 is 0. The first kappa shape index (κ1) is 28.4. The van der Waals surface area contributed by atoms with Crippen molar-refractivity contribution in [3.8, 4) is 0 Å². The van der Waals surface area contributed by atoms with Gasteiger partial charge in [0.05, 0.1) is 6.61 Å². The van der Waals surface area contributed by atoms with Crippen LogP contribution in [0, 0.1) is 12.8 Å². The van der Waals surface area contributed by atoms with Gasteiger partial charge >= 0.3 is 13.1 Å². The van der Waals surface area contributed by atoms with Gasteiger partial charge in [0, 0.05) is 31.3 Å². The van der Waals surface area contributed by atoms with E-state index in [1.807, 2.05) is 32.8 Å². The molecule has 0 saturated heterocycles. The van der Waals surface area contributed by atoms with E-state index in [0.717, 1.165) is 17.7 Å². The van der Waals surface area contributed by atoms with E-state index in [-0.39, 0.29) is 18.4 Å². The highest BCUT2D eigenvalue weighted by Gasteiger charge is 2.32. The highest BCUT2D eigenvalue weighted by molar-refractivity contribution is 6.62. The first-order chi connectivity index (χ1) is 17.5. The Bertz CT molecular complexity index is 1140. The standard InChI is InChI=1S/C27H36BN3O6/c1-17(2)24(29-25(32)22-12-11-21-16-37-28(35)23(21)18(22)3)27(34)36-15-19-7-9-20(10-8-19)26(33)31(6)14-13-30(4)5/h7-12,17,24,35H,13-16H2,1-6H3,(H,29,32). The minimum absolute atomic E-state index is 0.0181. The zero-order valence-corrected chi connectivity index (χ0v) is 22.4. The van der Waals surface area contributed by atoms with Crippen LogP contribution in [-0.2, 0) is 27.4 Å². The molecule has 1 unspecified atom stereocenters. The van der Waals surface area contributed by atoms with Crippen LogP contribution in [0.2, 0.25) is 0 Å². The quantitative estimate of drug-likeness (QED) is 0.368. The fourth-order valence-corrected chi connectivity index (χ4v) is 4.13. The van der Waals surface area contributed by atoms with Crippen LogP contribution in [-0.4, -0.2) is 80.0 Å². The van der Waals surface area contributed by atoms with Gasteiger partial charge in [-0.05, 0) is 67.3 Å². The summed E-state index contributed by atoms with van der Waals surface area (Å²) in [6, 6.07) is 9.52. The van der Waals surface area contributed by atoms with E-state index >= 15 is 0 Å². The predicted octanol–water partition coefficient (Wildman–Crippen LogP) is 1.34. The van der Waals surface area contributed by atoms with Gasteiger partial charge in [-0.25, -0.2) is 4.79 Å². The van der Waals surface area contributed by atoms with E-state index in [1.54, 1.807) is 55.3 Å². The summed E-state index contributed by atoms with van der Waals surface area (Å²) in [5, 5.41) is 12.9. The van der Waals surface area contributed by atoms with E-state index < -0.39 is 25.0 Å². The lowest BCUT2D eigenvalue weighted by atomic mass is 9.75. The van der Waals surface area contributed by atoms with Crippen LogP contribution in [0.3, 0.4) is 0 Å². The normalized spacial score (nSPS) is 13.5. The molecule has 0 aromatic heterocycles. The number of rotatable bonds is 10. The van der Waals surface area contributed by atoms with Gasteiger partial charge in [-0.3, -0.25) is 9.59 Å². The molecule has 0 fully saturated rings. The smallest absolute Gasteiger partial charge is 0.459 e. The van der Waals surface area contributed by atoms with Gasteiger partial charge in [0.2, 0.25) is 0 Å². The maximum absolute atomic E-state index is 13.0. The minimum atomic E-state index is -1.06. The summed E-state index contributed by atoms with van der Waals surface area (Å²) in [6.07, 6.45) is 0. The maximum atomic E-state index is 13.0. The Morgan fingerprint density at radius 1 is 1.08 bits per heavy atom. The molecule has 0 spiro atoms. The van der Waals surface area contributed by atoms with E-state index in [2.05, 4.69) is 5.32 Å². The lowest BCUT2D eigenvalue weighted by Crippen LogP contribution is -2.46. The lowest BCUT2D eigenvalue weighted by Gasteiger charge is -2.22. The second-order valence-electron chi connectivity index (χ2n) is 10.0. The zero-order valence-electron chi connectivity index (χ0n) is 22.4. The molecule has 0 aliphatic carbocycles. The first-order valence-electron chi connectivity index (χ1n) is 12.4. The number of ether oxygens (including phenoxy) is 1. The van der Waals surface area contributed by atoms with Gasteiger partial charge in [-0.15, -0.1) is 0 Å². The fraction of sp³-hybridized carbons (Fsp3) is 0.444. The average Bonchev–Trinajstić information content (AvgIpc) is 3.25. The summed E-state index contributed by atoms with van der Waals surface area (Å²) in [4.78, 5) is 42.2. The molecule has 0 bridgehead atoms. The number of amides is 2. The zero-order chi connectivity index (χ0) is 27.3. The van der Waals surface area contributed by atoms with Crippen LogP contribution in [0.25, 0.3) is 0 Å². The number of benzene rings is 2. The highest BCUT2D eigenvalue weighted by atomic mass is 16.5. The Kier molecular flexibility index (Phi) is 9.47. The van der Waals surface area contributed by atoms with E-state index in [4.69, 9.17) is 9.39 Å². The third-order valence-corrected chi connectivity index (χ3v) is 6.51. The second kappa shape index (κ2) is 12.4. The van der Waals surface area contributed by atoms with Crippen molar-refractivity contribution in [1.82, 2.24) is 15.1 Å². The van der Waals surface area contributed by atoms with Crippen molar-refractivity contribution in [2.24, 2.45) is 5.92 Å². The molecule has 0 saturated carbocycles. The number of hydrogen-bond donors (Lipinski definition) is 2. The summed E-state index contributed by atoms with van der Waals surface area (Å²) in [5.74, 6) is -1.25. The van der Waals surface area contributed by atoms with Crippen molar-refractivity contribution >= 4 is 30.4 Å². The Morgan fingerprint density at radius 2 is 1.76 bits per heavy atom. The molecule has 2 amide bonds. The number of esters is 1. The van der Waals surface area contributed by atoms with Crippen molar-refractivity contribution < 1.29 is 28.8 Å². The Hall–Kier alpha value is -3.21. The largest absolute Gasteiger partial charge is 0.492 e. The number of hydrogen-bond acceptors (Lipinski definition) is 7. The minimum Gasteiger partial charge on any atom is -0.459 e. The molecule has 2 N–H and O–H groups in total. The monoisotopic (exact) mass is 509 g/mol. The fourth-order valence-electron chi connectivity index (χ4n) is 4.13. The summed E-state index contributed by atoms with van der Waals surface area (Å²) in [7, 11) is 4.62. The van der Waals surface area contributed by atoms with Gasteiger partial charge in [-0.1, -0.05) is 32.0 Å². The third kappa shape index (κ3) is 6.97. The maximum Gasteiger partial charge on any atom is 0.492 e. The molecule has 1 heterocycles. The van der Waals surface area contributed by atoms with Crippen molar-refractivity contribution in [2.75, 3.05) is 34.2 Å². The van der Waals surface area contributed by atoms with Crippen molar-refractivity contribution in [3.63, 3.8) is 0 Å². The predicted molar refractivity (Wildman–Crippen MR) is 141 cm³/mol. The van der Waals surface area contributed by atoms with Crippen molar-refractivity contribution in [2.45, 2.75) is 40.0 Å². The van der Waals surface area contributed by atoms with Crippen molar-refractivity contribution in [1.29, 1.82) is 0 Å². The van der Waals surface area contributed by atoms with E-state index in [1.165, 1.54) is 0 Å². The van der Waals surface area contributed by atoms with Crippen LogP contribution in [0.15, 0.2) is 36.4 Å². The number of carbonyl (C=O) groups excluding carboxylic acids is 3. The molecular weight excluding hydrogens is 473 g/mol. The number of fused-ring (bicyclic) bond motifs is 1. The molecule has 9 nitrogen and oxygen atoms in total. The van der Waals surface area contributed by atoms with Crippen molar-refractivity contribution in [3.05, 3.63) is 64.2 Å². The van der Waals surface area contributed by atoms with Crippen LogP contribution in [0.4, 0.5) is 0 Å². The number of nitrogens with one attached hydrogen (secondary N) is 1. The molecule has 0 radical (unpaired) electrons. The summed E-state index contributed by atoms with van der Waals surface area (Å²) in [5.41, 5.74) is 3.73. The molecule has 2 aromatic rings. The molecule has 37 heavy (non-hydrogen) atoms. The van der Waals surface area contributed by atoms with Crippen LogP contribution >= 0.6 is 0 Å². The molecule has 2 aromatic carbocycles. The molecule has 1 aliphatic heterocycles. The van der Waals surface area contributed by atoms with E-state index in [0.29, 0.717) is 35.3 Å². The topological polar surface area (TPSA) is 108 Å². The molecule has 1 aliphatic rings. The van der Waals surface area contributed by atoms with Gasteiger partial charge in [0.1, 0.15) is 12.6 Å². The summed E-state index contributed by atoms with van der Waals surface area (Å²) in [6.45, 7) is 7.10. The Morgan fingerprint density at radius 3 is 2.38 bits per heavy atom. The molecule has 10 heteroatoms. The third-order valence-electron chi connectivity index (χ3n) is 6.51. The number of nitrogens with zero attached hydrogens (tertiary/aromatic N) is 2. The van der Waals surface area contributed by atoms with Gasteiger partial charge in [0.15, 0.2) is 0 Å². The van der Waals surface area contributed by atoms with Gasteiger partial charge < -0.3 is 29.5 Å². The van der Waals surface area contributed by atoms with Crippen LogP contribution < -0.4 is 10.8 Å². The molecule has 198 valence electrons. The molecular formula is C27H36BN3O6. The average molecular weight is 509 g/mol. The van der Waals surface area contributed by atoms with Gasteiger partial charge in [-0.2, -0.15) is 0 Å². The lowest BCUT2D eigenvalue weighted by molar-refractivity contribution is -0.148. The first-order valence-corrected chi connectivity index (χ1v) is 12.4. The second-order valence-corrected chi connectivity index (χ2v) is 10.0. The highest BCUT2D eigenvalue weighted by Crippen LogP contribution is 2.17. The Labute approximate surface area is 218 Å². The molecule has 3 rings (SSSR count). The van der Waals surface area contributed by atoms with Crippen LogP contribution in [0.1, 0.15) is 51.3 Å². The SMILES string of the molecule is Cc1c(C(=O)NC(C(=O)OCc2ccc(C(=O)N(C)CCN(C)C)cc2)C(C)C)ccc2c1B(O)OC2.